The van der Waals surface area contributed by atoms with Crippen molar-refractivity contribution in [3.05, 3.63) is 102 Å². The van der Waals surface area contributed by atoms with Crippen LogP contribution < -0.4 is 53.6 Å². The molecule has 594 valence electrons. The number of phenolic OH excluding ortho intramolecular Hbond substituents is 1. The number of fused-ring (bicyclic) bond motifs is 2. The molecule has 3 saturated heterocycles. The van der Waals surface area contributed by atoms with Crippen LogP contribution in [0.15, 0.2) is 84.9 Å². The largest absolute Gasteiger partial charge is 0.508 e. The highest BCUT2D eigenvalue weighted by atomic mass is 32.2. The van der Waals surface area contributed by atoms with E-state index in [0.717, 1.165) is 31.4 Å². The molecule has 6 rings (SSSR count). The molecule has 9 atom stereocenters. The molecule has 0 radical (unpaired) electrons. The molecule has 35 nitrogen and oxygen atoms in total. The summed E-state index contributed by atoms with van der Waals surface area (Å²) in [6, 6.07) is 11.6. The van der Waals surface area contributed by atoms with Crippen LogP contribution in [0, 0.1) is 11.3 Å². The summed E-state index contributed by atoms with van der Waals surface area (Å²) in [4.78, 5) is 219. The topological polar surface area (TPSA) is 477 Å². The monoisotopic (exact) mass is 1540 g/mol. The normalized spacial score (nSPS) is 24.2. The van der Waals surface area contributed by atoms with Crippen molar-refractivity contribution < 1.29 is 82.1 Å². The van der Waals surface area contributed by atoms with Crippen molar-refractivity contribution in [1.29, 1.82) is 5.41 Å². The highest BCUT2D eigenvalue weighted by Gasteiger charge is 2.43. The molecule has 3 aliphatic rings. The zero-order valence-electron chi connectivity index (χ0n) is 62.8. The number of nitrogens with one attached hydrogen (secondary N) is 10. The second-order valence-corrected chi connectivity index (χ2v) is 28.5. The predicted octanol–water partition coefficient (Wildman–Crippen LogP) is -4.12. The van der Waals surface area contributed by atoms with E-state index in [4.69, 9.17) is 11.1 Å². The van der Waals surface area contributed by atoms with Crippen LogP contribution >= 0.6 is 11.8 Å². The fourth-order valence-electron chi connectivity index (χ4n) is 12.7. The second kappa shape index (κ2) is 42.6. The van der Waals surface area contributed by atoms with Gasteiger partial charge in [0, 0.05) is 86.4 Å². The standard InChI is InChI=1S/C73H104N18O17S/c1-44(2)63-72(108)89(8)56(42-92)66(102)81-38-58(95)82-50(22-15-29-77-73(74)75)67(103)87(6)54(35-46-18-11-9-12-19-46)69(105)85(4)41-60(97)83-51(34-48-25-27-49(93)28-26-48)68(104)88(7)55(36-47-20-13-10-14-21-47)71(107)91-32-16-23-52(91)65(101)76-30-33-109-43-61(98)78-37-57(94)79-40-62(99)90-31-17-24-53(90)70(106)86(5)45(3)64(100)80-39-59(96)84-63/h9-14,18-21,25-28,44-45,50-56,63,92-93H,15-17,22-24,29-43H2,1-8H3,(H,76,101)(H,78,98)(H,79,94)(H,80,100)(H,81,102)(H,82,95)(H,83,97)(H,84,96)(H4,74,75,77)/t45-,50-,51-,52-,53-,54-,55-,56-,63?/m0/s1. The number of carbonyl (C=O) groups is 15. The van der Waals surface area contributed by atoms with Crippen molar-refractivity contribution >= 4 is 106 Å². The number of rotatable bonds is 12. The van der Waals surface area contributed by atoms with Gasteiger partial charge in [-0.15, -0.1) is 0 Å². The smallest absolute Gasteiger partial charge is 0.246 e. The predicted molar refractivity (Wildman–Crippen MR) is 400 cm³/mol. The lowest BCUT2D eigenvalue weighted by molar-refractivity contribution is -0.149. The first-order valence-electron chi connectivity index (χ1n) is 36.1. The van der Waals surface area contributed by atoms with Crippen LogP contribution in [0.1, 0.15) is 76.0 Å². The van der Waals surface area contributed by atoms with Gasteiger partial charge >= 0.3 is 0 Å². The number of nitrogens with zero attached hydrogens (tertiary/aromatic N) is 7. The molecule has 14 N–H and O–H groups in total. The number of aromatic hydroxyl groups is 1. The lowest BCUT2D eigenvalue weighted by atomic mass is 10.00. The van der Waals surface area contributed by atoms with Crippen molar-refractivity contribution in [2.45, 2.75) is 133 Å². The van der Waals surface area contributed by atoms with Crippen LogP contribution in [0.5, 0.6) is 5.75 Å². The van der Waals surface area contributed by atoms with E-state index in [1.165, 1.54) is 69.0 Å². The van der Waals surface area contributed by atoms with Gasteiger partial charge in [0.05, 0.1) is 45.1 Å². The molecule has 36 heteroatoms. The van der Waals surface area contributed by atoms with E-state index in [9.17, 15) is 67.7 Å². The van der Waals surface area contributed by atoms with E-state index < -0.39 is 188 Å². The van der Waals surface area contributed by atoms with Crippen molar-refractivity contribution in [1.82, 2.24) is 82.2 Å². The molecule has 3 fully saturated rings. The number of amides is 15. The summed E-state index contributed by atoms with van der Waals surface area (Å²) >= 11 is 1.15. The lowest BCUT2D eigenvalue weighted by Gasteiger charge is -2.35. The number of phenols is 1. The maximum atomic E-state index is 15.2. The molecule has 0 saturated carbocycles. The Morgan fingerprint density at radius 2 is 1.06 bits per heavy atom. The first-order chi connectivity index (χ1) is 51.8. The van der Waals surface area contributed by atoms with E-state index in [-0.39, 0.29) is 94.3 Å². The second-order valence-electron chi connectivity index (χ2n) is 27.4. The fraction of sp³-hybridized carbons (Fsp3) is 0.534. The molecule has 3 aliphatic heterocycles. The van der Waals surface area contributed by atoms with E-state index >= 15 is 14.4 Å². The van der Waals surface area contributed by atoms with Crippen molar-refractivity contribution in [3.8, 4) is 5.75 Å². The van der Waals surface area contributed by atoms with Gasteiger partial charge in [-0.2, -0.15) is 11.8 Å². The number of aliphatic hydroxyl groups excluding tert-OH is 1. The van der Waals surface area contributed by atoms with Crippen molar-refractivity contribution in [3.63, 3.8) is 0 Å². The van der Waals surface area contributed by atoms with Gasteiger partial charge in [0.25, 0.3) is 0 Å². The SMILES string of the molecule is CC(C)C1NC(=O)CNC(=O)[C@H](C)N(C)C(=O)[C@@H]2CCCN2C(=O)CNC(=O)CNC(=O)CSCCNC(=O)[C@@H]2CCCN2C(=O)[C@H](Cc2ccccc2)N(C)C(=O)[C@H](Cc2ccc(O)cc2)NC(=O)CN(C)C(=O)[C@H](Cc2ccccc2)N(C)C(=O)[C@H](CCCNC(=N)N)NC(=O)CNC(=O)[C@H](CO)N(C)C1=O. The molecule has 15 amide bonds. The Labute approximate surface area is 637 Å². The number of aliphatic hydroxyl groups is 1. The molecule has 0 aromatic heterocycles. The van der Waals surface area contributed by atoms with Crippen molar-refractivity contribution in [2.75, 3.05) is 112 Å². The molecule has 109 heavy (non-hydrogen) atoms. The van der Waals surface area contributed by atoms with Crippen LogP contribution in [0.25, 0.3) is 0 Å². The van der Waals surface area contributed by atoms with Gasteiger partial charge in [-0.1, -0.05) is 86.6 Å². The van der Waals surface area contributed by atoms with Crippen molar-refractivity contribution in [2.24, 2.45) is 11.7 Å². The minimum atomic E-state index is -1.65. The summed E-state index contributed by atoms with van der Waals surface area (Å²) in [5, 5.41) is 51.6. The van der Waals surface area contributed by atoms with Crippen LogP contribution in [0.3, 0.4) is 0 Å². The molecular weight excluding hydrogens is 1430 g/mol. The summed E-state index contributed by atoms with van der Waals surface area (Å²) in [7, 11) is 6.56. The van der Waals surface area contributed by atoms with Crippen LogP contribution in [0.2, 0.25) is 0 Å². The highest BCUT2D eigenvalue weighted by molar-refractivity contribution is 7.99. The number of carbonyl (C=O) groups excluding carboxylic acids is 15. The average Bonchev–Trinajstić information content (AvgIpc) is 1.65. The molecular formula is C73H104N18O17S. The Morgan fingerprint density at radius 1 is 0.541 bits per heavy atom. The van der Waals surface area contributed by atoms with E-state index in [2.05, 4.69) is 47.9 Å². The Hall–Kier alpha value is -10.9. The van der Waals surface area contributed by atoms with E-state index in [0.29, 0.717) is 29.5 Å². The summed E-state index contributed by atoms with van der Waals surface area (Å²) in [5.74, 6) is -12.1. The summed E-state index contributed by atoms with van der Waals surface area (Å²) in [6.45, 7) is 0.813. The van der Waals surface area contributed by atoms with Gasteiger partial charge in [0.2, 0.25) is 88.6 Å². The average molecular weight is 1540 g/mol. The zero-order chi connectivity index (χ0) is 80.2. The third kappa shape index (κ3) is 25.9. The molecule has 3 aromatic rings. The Morgan fingerprint density at radius 3 is 1.66 bits per heavy atom. The van der Waals surface area contributed by atoms with Gasteiger partial charge in [0.15, 0.2) is 5.96 Å². The van der Waals surface area contributed by atoms with E-state index in [1.807, 2.05) is 0 Å². The number of guanidine groups is 1. The Balaban J connectivity index is 1.28. The maximum Gasteiger partial charge on any atom is 0.246 e. The van der Waals surface area contributed by atoms with Gasteiger partial charge in [-0.05, 0) is 80.2 Å². The molecule has 0 bridgehead atoms. The third-order valence-corrected chi connectivity index (χ3v) is 20.1. The summed E-state index contributed by atoms with van der Waals surface area (Å²) < 4.78 is 0. The first kappa shape index (κ1) is 87.0. The number of benzene rings is 3. The van der Waals surface area contributed by atoms with Crippen LogP contribution in [-0.2, 0) is 91.2 Å². The van der Waals surface area contributed by atoms with Gasteiger partial charge in [-0.3, -0.25) is 77.3 Å². The number of hydrogen-bond donors (Lipinski definition) is 13. The Bertz CT molecular complexity index is 3730. The number of thioether (sulfide) groups is 1. The molecule has 0 aliphatic carbocycles. The summed E-state index contributed by atoms with van der Waals surface area (Å²) in [6.07, 6.45) is 1.03. The number of nitrogens with two attached hydrogens (primary N) is 1. The quantitative estimate of drug-likeness (QED) is 0.0465. The third-order valence-electron chi connectivity index (χ3n) is 19.2. The van der Waals surface area contributed by atoms with Crippen LogP contribution in [0.4, 0.5) is 0 Å². The molecule has 3 aromatic carbocycles. The zero-order valence-corrected chi connectivity index (χ0v) is 63.7. The number of hydrogen-bond acceptors (Lipinski definition) is 19. The van der Waals surface area contributed by atoms with E-state index in [1.54, 1.807) is 86.6 Å². The molecule has 3 heterocycles. The van der Waals surface area contributed by atoms with Crippen LogP contribution in [-0.4, -0.2) is 306 Å². The minimum Gasteiger partial charge on any atom is -0.508 e. The first-order valence-corrected chi connectivity index (χ1v) is 37.3. The lowest BCUT2D eigenvalue weighted by Crippen LogP contribution is -2.59. The van der Waals surface area contributed by atoms with Gasteiger partial charge in [-0.25, -0.2) is 0 Å². The highest BCUT2D eigenvalue weighted by Crippen LogP contribution is 2.25. The van der Waals surface area contributed by atoms with Gasteiger partial charge in [0.1, 0.15) is 60.1 Å². The molecule has 1 unspecified atom stereocenters. The van der Waals surface area contributed by atoms with Gasteiger partial charge < -0.3 is 98.1 Å². The fourth-order valence-corrected chi connectivity index (χ4v) is 13.4. The molecule has 0 spiro atoms. The number of likely N-dealkylation sites (N-methyl/N-ethyl adjacent to an activating group) is 5. The summed E-state index contributed by atoms with van der Waals surface area (Å²) in [5.41, 5.74) is 7.26. The minimum absolute atomic E-state index is 0.0233. The maximum absolute atomic E-state index is 15.2. The Kier molecular flexibility index (Phi) is 34.0.